The quantitative estimate of drug-likeness (QED) is 0.496. The summed E-state index contributed by atoms with van der Waals surface area (Å²) in [4.78, 5) is 25.8. The lowest BCUT2D eigenvalue weighted by Gasteiger charge is -2.17. The van der Waals surface area contributed by atoms with E-state index in [0.29, 0.717) is 16.7 Å². The summed E-state index contributed by atoms with van der Waals surface area (Å²) in [6, 6.07) is 12.1. The number of carboxylic acid groups (broad SMARTS) is 1. The van der Waals surface area contributed by atoms with Crippen LogP contribution in [0.5, 0.6) is 0 Å². The molecular weight excluding hydrogens is 382 g/mol. The summed E-state index contributed by atoms with van der Waals surface area (Å²) in [5, 5.41) is 10.7. The van der Waals surface area contributed by atoms with Gasteiger partial charge in [-0.25, -0.2) is 4.79 Å². The summed E-state index contributed by atoms with van der Waals surface area (Å²) >= 11 is 0. The molecule has 5 rings (SSSR count). The van der Waals surface area contributed by atoms with E-state index in [1.165, 1.54) is 18.5 Å². The highest BCUT2D eigenvalue weighted by atomic mass is 16.4. The van der Waals surface area contributed by atoms with Gasteiger partial charge in [0.25, 0.3) is 0 Å². The molecule has 0 spiro atoms. The van der Waals surface area contributed by atoms with E-state index in [1.54, 1.807) is 19.3 Å². The summed E-state index contributed by atoms with van der Waals surface area (Å²) < 4.78 is 11.1. The van der Waals surface area contributed by atoms with Gasteiger partial charge in [0, 0.05) is 41.2 Å². The predicted molar refractivity (Wildman–Crippen MR) is 115 cm³/mol. The third-order valence-electron chi connectivity index (χ3n) is 5.96. The van der Waals surface area contributed by atoms with Crippen LogP contribution in [0.15, 0.2) is 56.3 Å². The van der Waals surface area contributed by atoms with Crippen LogP contribution in [0.25, 0.3) is 33.1 Å². The molecule has 1 aliphatic heterocycles. The Labute approximate surface area is 172 Å². The molecule has 1 saturated heterocycles. The molecular formula is C24H21NO5. The van der Waals surface area contributed by atoms with Gasteiger partial charge in [-0.3, -0.25) is 4.79 Å². The van der Waals surface area contributed by atoms with Crippen molar-refractivity contribution in [1.82, 2.24) is 0 Å². The molecule has 0 atom stereocenters. The van der Waals surface area contributed by atoms with Gasteiger partial charge in [0.05, 0.1) is 18.2 Å². The number of benzene rings is 2. The fourth-order valence-electron chi connectivity index (χ4n) is 4.32. The maximum atomic E-state index is 12.2. The summed E-state index contributed by atoms with van der Waals surface area (Å²) in [6.07, 6.45) is 3.82. The van der Waals surface area contributed by atoms with E-state index < -0.39 is 11.6 Å². The second kappa shape index (κ2) is 7.06. The molecule has 2 aromatic carbocycles. The van der Waals surface area contributed by atoms with Crippen molar-refractivity contribution in [1.29, 1.82) is 0 Å². The molecule has 1 N–H and O–H groups in total. The number of hydrogen-bond acceptors (Lipinski definition) is 5. The van der Waals surface area contributed by atoms with Gasteiger partial charge in [0.2, 0.25) is 0 Å². The van der Waals surface area contributed by atoms with Crippen molar-refractivity contribution >= 4 is 33.6 Å². The monoisotopic (exact) mass is 403 g/mol. The van der Waals surface area contributed by atoms with Crippen molar-refractivity contribution in [3.63, 3.8) is 0 Å². The maximum Gasteiger partial charge on any atom is 0.340 e. The van der Waals surface area contributed by atoms with Crippen LogP contribution >= 0.6 is 0 Å². The minimum absolute atomic E-state index is 0.175. The Bertz CT molecular complexity index is 1320. The normalized spacial score (nSPS) is 14.1. The van der Waals surface area contributed by atoms with Crippen molar-refractivity contribution in [3.05, 3.63) is 64.2 Å². The van der Waals surface area contributed by atoms with Gasteiger partial charge in [-0.05, 0) is 49.1 Å². The third kappa shape index (κ3) is 3.05. The number of furan rings is 1. The van der Waals surface area contributed by atoms with Crippen LogP contribution in [-0.4, -0.2) is 24.2 Å². The summed E-state index contributed by atoms with van der Waals surface area (Å²) in [5.74, 6) is -1.06. The van der Waals surface area contributed by atoms with Gasteiger partial charge >= 0.3 is 11.6 Å². The average Bonchev–Trinajstić information content (AvgIpc) is 3.40. The molecule has 30 heavy (non-hydrogen) atoms. The van der Waals surface area contributed by atoms with Crippen molar-refractivity contribution in [2.45, 2.75) is 26.2 Å². The van der Waals surface area contributed by atoms with Gasteiger partial charge in [-0.15, -0.1) is 0 Å². The van der Waals surface area contributed by atoms with Gasteiger partial charge in [-0.1, -0.05) is 12.1 Å². The first-order chi connectivity index (χ1) is 14.5. The molecule has 6 heteroatoms. The SMILES string of the molecule is Cc1c(CC(=O)O)c(=O)oc2cc3occ(-c4ccc(N5CCCC5)cc4)c3cc12. The third-order valence-corrected chi connectivity index (χ3v) is 5.96. The Hall–Kier alpha value is -3.54. The number of fused-ring (bicyclic) bond motifs is 2. The average molecular weight is 403 g/mol. The molecule has 4 aromatic rings. The Balaban J connectivity index is 1.62. The minimum Gasteiger partial charge on any atom is -0.481 e. The van der Waals surface area contributed by atoms with Gasteiger partial charge in [-0.2, -0.15) is 0 Å². The largest absolute Gasteiger partial charge is 0.481 e. The van der Waals surface area contributed by atoms with Crippen molar-refractivity contribution in [2.75, 3.05) is 18.0 Å². The van der Waals surface area contributed by atoms with Crippen LogP contribution in [0, 0.1) is 6.92 Å². The first-order valence-electron chi connectivity index (χ1n) is 10.1. The van der Waals surface area contributed by atoms with Crippen molar-refractivity contribution < 1.29 is 18.7 Å². The molecule has 0 amide bonds. The molecule has 1 fully saturated rings. The van der Waals surface area contributed by atoms with Crippen LogP contribution in [-0.2, 0) is 11.2 Å². The number of carboxylic acids is 1. The molecule has 2 aromatic heterocycles. The van der Waals surface area contributed by atoms with E-state index in [9.17, 15) is 9.59 Å². The van der Waals surface area contributed by atoms with Gasteiger partial charge in [0.15, 0.2) is 0 Å². The Kier molecular flexibility index (Phi) is 4.35. The van der Waals surface area contributed by atoms with Gasteiger partial charge < -0.3 is 18.8 Å². The molecule has 6 nitrogen and oxygen atoms in total. The number of rotatable bonds is 4. The summed E-state index contributed by atoms with van der Waals surface area (Å²) in [7, 11) is 0. The van der Waals surface area contributed by atoms with E-state index in [2.05, 4.69) is 29.2 Å². The molecule has 0 radical (unpaired) electrons. The van der Waals surface area contributed by atoms with E-state index in [0.717, 1.165) is 35.0 Å². The standard InChI is InChI=1S/C24H21NO5/c1-14-17-10-19-20(15-4-6-16(7-5-15)25-8-2-3-9-25)13-29-21(19)12-22(17)30-24(28)18(14)11-23(26)27/h4-7,10,12-13H,2-3,8-9,11H2,1H3,(H,26,27). The number of carbonyl (C=O) groups is 1. The molecule has 0 unspecified atom stereocenters. The van der Waals surface area contributed by atoms with Crippen LogP contribution in [0.4, 0.5) is 5.69 Å². The smallest absolute Gasteiger partial charge is 0.340 e. The highest BCUT2D eigenvalue weighted by molar-refractivity contribution is 6.02. The van der Waals surface area contributed by atoms with E-state index in [-0.39, 0.29) is 12.0 Å². The second-order valence-corrected chi connectivity index (χ2v) is 7.80. The Morgan fingerprint density at radius 3 is 2.50 bits per heavy atom. The van der Waals surface area contributed by atoms with E-state index in [1.807, 2.05) is 6.07 Å². The number of aryl methyl sites for hydroxylation is 1. The van der Waals surface area contributed by atoms with E-state index >= 15 is 0 Å². The zero-order chi connectivity index (χ0) is 20.8. The molecule has 152 valence electrons. The lowest BCUT2D eigenvalue weighted by Crippen LogP contribution is -2.17. The number of aliphatic carboxylic acids is 1. The fraction of sp³-hybridized carbons (Fsp3) is 0.250. The zero-order valence-electron chi connectivity index (χ0n) is 16.6. The predicted octanol–water partition coefficient (Wildman–Crippen LogP) is 4.74. The first kappa shape index (κ1) is 18.5. The zero-order valence-corrected chi connectivity index (χ0v) is 16.6. The lowest BCUT2D eigenvalue weighted by atomic mass is 9.99. The molecule has 1 aliphatic rings. The Morgan fingerprint density at radius 2 is 1.80 bits per heavy atom. The van der Waals surface area contributed by atoms with Crippen LogP contribution in [0.1, 0.15) is 24.0 Å². The van der Waals surface area contributed by atoms with Crippen LogP contribution < -0.4 is 10.5 Å². The molecule has 3 heterocycles. The maximum absolute atomic E-state index is 12.2. The Morgan fingerprint density at radius 1 is 1.07 bits per heavy atom. The summed E-state index contributed by atoms with van der Waals surface area (Å²) in [6.45, 7) is 3.96. The highest BCUT2D eigenvalue weighted by Crippen LogP contribution is 2.35. The van der Waals surface area contributed by atoms with Crippen LogP contribution in [0.3, 0.4) is 0 Å². The number of hydrogen-bond donors (Lipinski definition) is 1. The first-order valence-corrected chi connectivity index (χ1v) is 10.1. The van der Waals surface area contributed by atoms with Crippen molar-refractivity contribution in [2.24, 2.45) is 0 Å². The fourth-order valence-corrected chi connectivity index (χ4v) is 4.32. The number of nitrogens with zero attached hydrogens (tertiary/aromatic N) is 1. The lowest BCUT2D eigenvalue weighted by molar-refractivity contribution is -0.136. The van der Waals surface area contributed by atoms with E-state index in [4.69, 9.17) is 13.9 Å². The van der Waals surface area contributed by atoms with Crippen LogP contribution in [0.2, 0.25) is 0 Å². The van der Waals surface area contributed by atoms with Crippen molar-refractivity contribution in [3.8, 4) is 11.1 Å². The number of anilines is 1. The second-order valence-electron chi connectivity index (χ2n) is 7.80. The summed E-state index contributed by atoms with van der Waals surface area (Å²) in [5.41, 5.74) is 4.41. The molecule has 0 aliphatic carbocycles. The topological polar surface area (TPSA) is 83.9 Å². The highest BCUT2D eigenvalue weighted by Gasteiger charge is 2.18. The van der Waals surface area contributed by atoms with Gasteiger partial charge in [0.1, 0.15) is 11.2 Å². The molecule has 0 saturated carbocycles. The minimum atomic E-state index is -1.06. The molecule has 0 bridgehead atoms.